The highest BCUT2D eigenvalue weighted by Gasteiger charge is 2.28. The Kier molecular flexibility index (Phi) is 5.00. The van der Waals surface area contributed by atoms with Gasteiger partial charge in [0.05, 0.1) is 12.3 Å². The number of ether oxygens (including phenoxy) is 1. The van der Waals surface area contributed by atoms with Crippen LogP contribution in [-0.4, -0.2) is 11.6 Å². The van der Waals surface area contributed by atoms with Crippen LogP contribution < -0.4 is 4.74 Å². The molecule has 1 aromatic rings. The molecule has 0 saturated carbocycles. The van der Waals surface area contributed by atoms with E-state index in [1.165, 1.54) is 0 Å². The quantitative estimate of drug-likeness (QED) is 0.752. The summed E-state index contributed by atoms with van der Waals surface area (Å²) in [6.07, 6.45) is 3.34. The summed E-state index contributed by atoms with van der Waals surface area (Å²) in [7, 11) is 0. The Hall–Kier alpha value is -1.12. The van der Waals surface area contributed by atoms with E-state index in [9.17, 15) is 4.39 Å². The van der Waals surface area contributed by atoms with Gasteiger partial charge in [0.1, 0.15) is 11.9 Å². The number of hydrogen-bond acceptors (Lipinski definition) is 2. The molecule has 0 amide bonds. The Balaban J connectivity index is 2.11. The minimum atomic E-state index is -0.933. The molecule has 0 bridgehead atoms. The van der Waals surface area contributed by atoms with Gasteiger partial charge in [-0.15, -0.1) is 0 Å². The zero-order chi connectivity index (χ0) is 14.7. The average molecular weight is 279 g/mol. The average Bonchev–Trinajstić information content (AvgIpc) is 2.40. The predicted molar refractivity (Wildman–Crippen MR) is 79.8 cm³/mol. The molecular weight excluding hydrogens is 253 g/mol. The molecular formula is C17H26FNO. The molecule has 0 unspecified atom stereocenters. The SMILES string of the molecule is CC(C)C[C@@H](C)COc1ccnc2c1[C@H](C)CC[C@H]2F. The van der Waals surface area contributed by atoms with Crippen molar-refractivity contribution >= 4 is 0 Å². The van der Waals surface area contributed by atoms with Crippen molar-refractivity contribution in [2.24, 2.45) is 11.8 Å². The Labute approximate surface area is 121 Å². The van der Waals surface area contributed by atoms with E-state index in [4.69, 9.17) is 4.74 Å². The first-order valence-corrected chi connectivity index (χ1v) is 7.74. The van der Waals surface area contributed by atoms with Gasteiger partial charge in [-0.05, 0) is 43.1 Å². The molecule has 3 heteroatoms. The second-order valence-electron chi connectivity index (χ2n) is 6.60. The minimum Gasteiger partial charge on any atom is -0.493 e. The summed E-state index contributed by atoms with van der Waals surface area (Å²) in [6, 6.07) is 1.88. The lowest BCUT2D eigenvalue weighted by Gasteiger charge is -2.27. The topological polar surface area (TPSA) is 22.1 Å². The Morgan fingerprint density at radius 2 is 2.10 bits per heavy atom. The number of alkyl halides is 1. The summed E-state index contributed by atoms with van der Waals surface area (Å²) < 4.78 is 20.0. The van der Waals surface area contributed by atoms with Gasteiger partial charge in [0.25, 0.3) is 0 Å². The summed E-state index contributed by atoms with van der Waals surface area (Å²) in [5.41, 5.74) is 1.58. The van der Waals surface area contributed by atoms with E-state index in [1.807, 2.05) is 6.07 Å². The van der Waals surface area contributed by atoms with Crippen LogP contribution in [0.3, 0.4) is 0 Å². The van der Waals surface area contributed by atoms with E-state index < -0.39 is 6.17 Å². The van der Waals surface area contributed by atoms with Crippen molar-refractivity contribution in [3.05, 3.63) is 23.5 Å². The third-order valence-corrected chi connectivity index (χ3v) is 4.02. The molecule has 1 aliphatic rings. The summed E-state index contributed by atoms with van der Waals surface area (Å²) in [6.45, 7) is 9.48. The first kappa shape index (κ1) is 15.3. The number of aromatic nitrogens is 1. The third-order valence-electron chi connectivity index (χ3n) is 4.02. The van der Waals surface area contributed by atoms with Crippen LogP contribution in [0, 0.1) is 11.8 Å². The van der Waals surface area contributed by atoms with E-state index >= 15 is 0 Å². The van der Waals surface area contributed by atoms with Gasteiger partial charge in [-0.1, -0.05) is 27.7 Å². The molecule has 2 rings (SSSR count). The lowest BCUT2D eigenvalue weighted by atomic mass is 9.85. The van der Waals surface area contributed by atoms with Crippen molar-refractivity contribution in [3.8, 4) is 5.75 Å². The second kappa shape index (κ2) is 6.55. The molecule has 0 radical (unpaired) electrons. The molecule has 2 nitrogen and oxygen atoms in total. The Morgan fingerprint density at radius 3 is 2.80 bits per heavy atom. The molecule has 1 heterocycles. The van der Waals surface area contributed by atoms with E-state index in [0.29, 0.717) is 36.5 Å². The molecule has 0 saturated heterocycles. The number of hydrogen-bond donors (Lipinski definition) is 0. The molecule has 0 spiro atoms. The van der Waals surface area contributed by atoms with Crippen LogP contribution in [0.15, 0.2) is 12.3 Å². The molecule has 1 aromatic heterocycles. The molecule has 0 fully saturated rings. The summed E-state index contributed by atoms with van der Waals surface area (Å²) >= 11 is 0. The van der Waals surface area contributed by atoms with Crippen LogP contribution in [-0.2, 0) is 0 Å². The van der Waals surface area contributed by atoms with Gasteiger partial charge in [-0.25, -0.2) is 4.39 Å². The van der Waals surface area contributed by atoms with Gasteiger partial charge in [0, 0.05) is 11.8 Å². The van der Waals surface area contributed by atoms with Gasteiger partial charge in [0.2, 0.25) is 0 Å². The number of pyridine rings is 1. The lowest BCUT2D eigenvalue weighted by molar-refractivity contribution is 0.228. The van der Waals surface area contributed by atoms with Gasteiger partial charge < -0.3 is 4.74 Å². The van der Waals surface area contributed by atoms with Crippen LogP contribution in [0.4, 0.5) is 4.39 Å². The van der Waals surface area contributed by atoms with E-state index in [-0.39, 0.29) is 0 Å². The maximum atomic E-state index is 14.0. The largest absolute Gasteiger partial charge is 0.493 e. The van der Waals surface area contributed by atoms with Crippen LogP contribution in [0.1, 0.15) is 70.3 Å². The van der Waals surface area contributed by atoms with Crippen molar-refractivity contribution in [2.75, 3.05) is 6.61 Å². The smallest absolute Gasteiger partial charge is 0.142 e. The number of fused-ring (bicyclic) bond motifs is 1. The van der Waals surface area contributed by atoms with Gasteiger partial charge in [-0.3, -0.25) is 4.98 Å². The van der Waals surface area contributed by atoms with Gasteiger partial charge >= 0.3 is 0 Å². The molecule has 1 aliphatic carbocycles. The molecule has 0 aromatic carbocycles. The van der Waals surface area contributed by atoms with Crippen LogP contribution in [0.5, 0.6) is 5.75 Å². The fourth-order valence-corrected chi connectivity index (χ4v) is 3.12. The van der Waals surface area contributed by atoms with Crippen molar-refractivity contribution in [1.82, 2.24) is 4.98 Å². The summed E-state index contributed by atoms with van der Waals surface area (Å²) in [4.78, 5) is 4.23. The van der Waals surface area contributed by atoms with Crippen molar-refractivity contribution < 1.29 is 9.13 Å². The Bertz CT molecular complexity index is 447. The van der Waals surface area contributed by atoms with Crippen LogP contribution in [0.2, 0.25) is 0 Å². The van der Waals surface area contributed by atoms with Crippen molar-refractivity contribution in [3.63, 3.8) is 0 Å². The summed E-state index contributed by atoms with van der Waals surface area (Å²) in [5, 5.41) is 0. The number of nitrogens with zero attached hydrogens (tertiary/aromatic N) is 1. The van der Waals surface area contributed by atoms with E-state index in [0.717, 1.165) is 24.2 Å². The predicted octanol–water partition coefficient (Wildman–Crippen LogP) is 5.05. The second-order valence-corrected chi connectivity index (χ2v) is 6.60. The van der Waals surface area contributed by atoms with Crippen molar-refractivity contribution in [1.29, 1.82) is 0 Å². The first-order chi connectivity index (χ1) is 9.49. The van der Waals surface area contributed by atoms with E-state index in [2.05, 4.69) is 32.7 Å². The first-order valence-electron chi connectivity index (χ1n) is 7.74. The normalized spacial score (nSPS) is 23.5. The zero-order valence-corrected chi connectivity index (χ0v) is 13.0. The van der Waals surface area contributed by atoms with Gasteiger partial charge in [-0.2, -0.15) is 0 Å². The number of rotatable bonds is 5. The maximum Gasteiger partial charge on any atom is 0.142 e. The summed E-state index contributed by atoms with van der Waals surface area (Å²) in [5.74, 6) is 2.36. The van der Waals surface area contributed by atoms with Crippen LogP contribution in [0.25, 0.3) is 0 Å². The highest BCUT2D eigenvalue weighted by Crippen LogP contribution is 2.42. The molecule has 0 aliphatic heterocycles. The standard InChI is InChI=1S/C17H26FNO/c1-11(2)9-12(3)10-20-15-7-8-19-17-14(18)6-5-13(4)16(15)17/h7-8,11-14H,5-6,9-10H2,1-4H3/t12-,13-,14-/m1/s1. The highest BCUT2D eigenvalue weighted by molar-refractivity contribution is 5.41. The zero-order valence-electron chi connectivity index (χ0n) is 13.0. The molecule has 20 heavy (non-hydrogen) atoms. The highest BCUT2D eigenvalue weighted by atomic mass is 19.1. The molecule has 112 valence electrons. The number of halogens is 1. The molecule has 0 N–H and O–H groups in total. The van der Waals surface area contributed by atoms with Crippen molar-refractivity contribution in [2.45, 2.75) is 59.0 Å². The lowest BCUT2D eigenvalue weighted by Crippen LogP contribution is -2.16. The monoisotopic (exact) mass is 279 g/mol. The minimum absolute atomic E-state index is 0.334. The van der Waals surface area contributed by atoms with E-state index in [1.54, 1.807) is 6.20 Å². The third kappa shape index (κ3) is 3.50. The molecule has 3 atom stereocenters. The van der Waals surface area contributed by atoms with Crippen LogP contribution >= 0.6 is 0 Å². The fraction of sp³-hybridized carbons (Fsp3) is 0.706. The Morgan fingerprint density at radius 1 is 1.35 bits per heavy atom. The fourth-order valence-electron chi connectivity index (χ4n) is 3.12. The maximum absolute atomic E-state index is 14.0. The van der Waals surface area contributed by atoms with Gasteiger partial charge in [0.15, 0.2) is 0 Å².